The van der Waals surface area contributed by atoms with Crippen molar-refractivity contribution in [2.45, 2.75) is 0 Å². The molecule has 37 heavy (non-hydrogen) atoms. The topological polar surface area (TPSA) is 149 Å². The number of carboxylic acids is 4. The molecule has 0 saturated heterocycles. The summed E-state index contributed by atoms with van der Waals surface area (Å²) in [4.78, 5) is 40.8. The fraction of sp³-hybridized carbons (Fsp3) is 0. The fourth-order valence-electron chi connectivity index (χ4n) is 2.32. The molecular formula is C28H24MnO8. The normalized spacial score (nSPS) is 8.65. The van der Waals surface area contributed by atoms with Gasteiger partial charge in [-0.3, -0.25) is 0 Å². The molecule has 191 valence electrons. The van der Waals surface area contributed by atoms with Crippen LogP contribution in [0.3, 0.4) is 0 Å². The smallest absolute Gasteiger partial charge is 0.335 e. The second-order valence-electron chi connectivity index (χ2n) is 6.68. The van der Waals surface area contributed by atoms with Crippen LogP contribution in [0.15, 0.2) is 121 Å². The molecule has 0 unspecified atom stereocenters. The SMILES string of the molecule is O=C(O)c1ccccc1.O=C(O)c1ccccc1.O=C(O)c1ccccc1.O=C(O)c1ccccc1.[Mn]. The van der Waals surface area contributed by atoms with Gasteiger partial charge >= 0.3 is 23.9 Å². The molecule has 0 atom stereocenters. The summed E-state index contributed by atoms with van der Waals surface area (Å²) in [5.74, 6) is -3.52. The number of hydrogen-bond acceptors (Lipinski definition) is 4. The number of hydrogen-bond donors (Lipinski definition) is 4. The molecule has 4 aromatic carbocycles. The number of benzene rings is 4. The third-order valence-corrected chi connectivity index (χ3v) is 4.08. The first-order valence-electron chi connectivity index (χ1n) is 10.4. The molecule has 4 aromatic rings. The van der Waals surface area contributed by atoms with Gasteiger partial charge in [0.25, 0.3) is 0 Å². The van der Waals surface area contributed by atoms with Crippen molar-refractivity contribution in [1.29, 1.82) is 0 Å². The van der Waals surface area contributed by atoms with Gasteiger partial charge in [-0.1, -0.05) is 72.8 Å². The van der Waals surface area contributed by atoms with Crippen molar-refractivity contribution >= 4 is 23.9 Å². The van der Waals surface area contributed by atoms with E-state index in [4.69, 9.17) is 20.4 Å². The minimum atomic E-state index is -0.879. The number of carbonyl (C=O) groups is 4. The van der Waals surface area contributed by atoms with E-state index in [-0.39, 0.29) is 17.1 Å². The first kappa shape index (κ1) is 32.3. The molecule has 4 N–H and O–H groups in total. The van der Waals surface area contributed by atoms with Gasteiger partial charge in [-0.05, 0) is 48.5 Å². The summed E-state index contributed by atoms with van der Waals surface area (Å²) in [7, 11) is 0. The van der Waals surface area contributed by atoms with E-state index in [1.165, 1.54) is 0 Å². The van der Waals surface area contributed by atoms with Crippen molar-refractivity contribution in [2.24, 2.45) is 0 Å². The largest absolute Gasteiger partial charge is 0.478 e. The van der Waals surface area contributed by atoms with E-state index in [1.807, 2.05) is 0 Å². The zero-order chi connectivity index (χ0) is 26.8. The summed E-state index contributed by atoms with van der Waals surface area (Å²) in [6.07, 6.45) is 0. The van der Waals surface area contributed by atoms with Gasteiger partial charge in [0.1, 0.15) is 0 Å². The molecule has 0 bridgehead atoms. The summed E-state index contributed by atoms with van der Waals surface area (Å²) in [5, 5.41) is 33.5. The average Bonchev–Trinajstić information content (AvgIpc) is 2.92. The zero-order valence-corrected chi connectivity index (χ0v) is 20.5. The first-order valence-corrected chi connectivity index (χ1v) is 10.4. The van der Waals surface area contributed by atoms with E-state index in [2.05, 4.69) is 0 Å². The summed E-state index contributed by atoms with van der Waals surface area (Å²) < 4.78 is 0. The Morgan fingerprint density at radius 1 is 0.324 bits per heavy atom. The van der Waals surface area contributed by atoms with Crippen molar-refractivity contribution in [2.75, 3.05) is 0 Å². The van der Waals surface area contributed by atoms with Gasteiger partial charge in [-0.2, -0.15) is 0 Å². The maximum Gasteiger partial charge on any atom is 0.335 e. The molecule has 4 rings (SSSR count). The van der Waals surface area contributed by atoms with E-state index in [1.54, 1.807) is 121 Å². The summed E-state index contributed by atoms with van der Waals surface area (Å²) in [5.41, 5.74) is 1.32. The van der Waals surface area contributed by atoms with Crippen LogP contribution in [0.25, 0.3) is 0 Å². The summed E-state index contributed by atoms with van der Waals surface area (Å²) >= 11 is 0. The Hall–Kier alpha value is -4.72. The molecule has 0 aromatic heterocycles. The quantitative estimate of drug-likeness (QED) is 0.245. The van der Waals surface area contributed by atoms with Crippen molar-refractivity contribution < 1.29 is 56.7 Å². The molecule has 0 aliphatic carbocycles. The Morgan fingerprint density at radius 3 is 0.541 bits per heavy atom. The van der Waals surface area contributed by atoms with Crippen LogP contribution in [0.2, 0.25) is 0 Å². The van der Waals surface area contributed by atoms with Crippen LogP contribution in [0.5, 0.6) is 0 Å². The van der Waals surface area contributed by atoms with Gasteiger partial charge in [0, 0.05) is 17.1 Å². The molecule has 1 radical (unpaired) electrons. The van der Waals surface area contributed by atoms with Crippen LogP contribution in [0, 0.1) is 0 Å². The molecule has 0 saturated carbocycles. The monoisotopic (exact) mass is 543 g/mol. The fourth-order valence-corrected chi connectivity index (χ4v) is 2.32. The van der Waals surface area contributed by atoms with Crippen LogP contribution in [0.1, 0.15) is 41.4 Å². The van der Waals surface area contributed by atoms with E-state index in [0.29, 0.717) is 22.3 Å². The van der Waals surface area contributed by atoms with Crippen LogP contribution >= 0.6 is 0 Å². The minimum absolute atomic E-state index is 0. The molecule has 0 amide bonds. The Morgan fingerprint density at radius 2 is 0.459 bits per heavy atom. The third-order valence-electron chi connectivity index (χ3n) is 4.08. The van der Waals surface area contributed by atoms with Crippen LogP contribution in [0.4, 0.5) is 0 Å². The minimum Gasteiger partial charge on any atom is -0.478 e. The van der Waals surface area contributed by atoms with Gasteiger partial charge < -0.3 is 20.4 Å². The van der Waals surface area contributed by atoms with Gasteiger partial charge in [-0.25, -0.2) is 19.2 Å². The van der Waals surface area contributed by atoms with Crippen molar-refractivity contribution in [3.05, 3.63) is 144 Å². The Kier molecular flexibility index (Phi) is 16.2. The molecule has 0 spiro atoms. The maximum atomic E-state index is 10.2. The van der Waals surface area contributed by atoms with Crippen molar-refractivity contribution in [3.63, 3.8) is 0 Å². The zero-order valence-electron chi connectivity index (χ0n) is 19.3. The van der Waals surface area contributed by atoms with Crippen LogP contribution in [-0.2, 0) is 17.1 Å². The summed E-state index contributed by atoms with van der Waals surface area (Å²) in [6.45, 7) is 0. The Labute approximate surface area is 223 Å². The average molecular weight is 543 g/mol. The predicted molar refractivity (Wildman–Crippen MR) is 134 cm³/mol. The number of rotatable bonds is 4. The Bertz CT molecular complexity index is 1020. The predicted octanol–water partition coefficient (Wildman–Crippen LogP) is 5.54. The van der Waals surface area contributed by atoms with Gasteiger partial charge in [0.05, 0.1) is 22.3 Å². The van der Waals surface area contributed by atoms with Crippen molar-refractivity contribution in [1.82, 2.24) is 0 Å². The van der Waals surface area contributed by atoms with Gasteiger partial charge in [0.2, 0.25) is 0 Å². The van der Waals surface area contributed by atoms with Gasteiger partial charge in [0.15, 0.2) is 0 Å². The molecule has 0 heterocycles. The molecular weight excluding hydrogens is 519 g/mol. The van der Waals surface area contributed by atoms with E-state index < -0.39 is 23.9 Å². The molecule has 0 aliphatic rings. The first-order chi connectivity index (χ1) is 17.2. The van der Waals surface area contributed by atoms with Crippen LogP contribution in [-0.4, -0.2) is 44.3 Å². The van der Waals surface area contributed by atoms with Crippen molar-refractivity contribution in [3.8, 4) is 0 Å². The summed E-state index contributed by atoms with van der Waals surface area (Å²) in [6, 6.07) is 33.2. The third kappa shape index (κ3) is 14.3. The van der Waals surface area contributed by atoms with Gasteiger partial charge in [-0.15, -0.1) is 0 Å². The number of carboxylic acid groups (broad SMARTS) is 4. The second-order valence-corrected chi connectivity index (χ2v) is 6.68. The molecule has 0 aliphatic heterocycles. The number of aromatic carboxylic acids is 4. The van der Waals surface area contributed by atoms with E-state index >= 15 is 0 Å². The molecule has 0 fully saturated rings. The van der Waals surface area contributed by atoms with E-state index in [9.17, 15) is 19.2 Å². The second kappa shape index (κ2) is 18.6. The van der Waals surface area contributed by atoms with Crippen LogP contribution < -0.4 is 0 Å². The standard InChI is InChI=1S/4C7H6O2.Mn/c4*8-7(9)6-4-2-1-3-5-6;/h4*1-5H,(H,8,9);. The molecule has 9 heteroatoms. The molecule has 8 nitrogen and oxygen atoms in total. The van der Waals surface area contributed by atoms with E-state index in [0.717, 1.165) is 0 Å². The Balaban J connectivity index is 0.000000463. The maximum absolute atomic E-state index is 10.2.